The van der Waals surface area contributed by atoms with E-state index in [0.29, 0.717) is 5.75 Å². The molecule has 0 unspecified atom stereocenters. The van der Waals surface area contributed by atoms with Gasteiger partial charge in [0.1, 0.15) is 12.4 Å². The van der Waals surface area contributed by atoms with Crippen LogP contribution < -0.4 is 4.74 Å². The summed E-state index contributed by atoms with van der Waals surface area (Å²) in [5.41, 5.74) is 1.15. The van der Waals surface area contributed by atoms with Crippen LogP contribution in [0, 0.1) is 12.3 Å². The summed E-state index contributed by atoms with van der Waals surface area (Å²) in [4.78, 5) is 0. The Balaban J connectivity index is 2.94. The van der Waals surface area contributed by atoms with Crippen LogP contribution in [-0.4, -0.2) is 6.61 Å². The molecular formula is C13H15ClO. The van der Waals surface area contributed by atoms with E-state index in [1.165, 1.54) is 0 Å². The van der Waals surface area contributed by atoms with Crippen LogP contribution in [0.4, 0.5) is 0 Å². The van der Waals surface area contributed by atoms with Gasteiger partial charge < -0.3 is 4.74 Å². The summed E-state index contributed by atoms with van der Waals surface area (Å²) >= 11 is 6.16. The molecule has 0 aliphatic carbocycles. The second kappa shape index (κ2) is 4.59. The monoisotopic (exact) mass is 222 g/mol. The first-order chi connectivity index (χ1) is 6.95. The molecule has 0 saturated carbocycles. The average Bonchev–Trinajstić information content (AvgIpc) is 2.12. The molecule has 15 heavy (non-hydrogen) atoms. The van der Waals surface area contributed by atoms with Crippen molar-refractivity contribution in [3.8, 4) is 18.1 Å². The molecule has 80 valence electrons. The Kier molecular flexibility index (Phi) is 3.66. The maximum Gasteiger partial charge on any atom is 0.148 e. The van der Waals surface area contributed by atoms with Crippen LogP contribution in [0.3, 0.4) is 0 Å². The van der Waals surface area contributed by atoms with E-state index in [1.807, 2.05) is 12.1 Å². The molecule has 0 radical (unpaired) electrons. The highest BCUT2D eigenvalue weighted by Crippen LogP contribution is 2.31. The summed E-state index contributed by atoms with van der Waals surface area (Å²) in [6, 6.07) is 5.68. The van der Waals surface area contributed by atoms with Crippen molar-refractivity contribution < 1.29 is 4.74 Å². The maximum atomic E-state index is 6.16. The smallest absolute Gasteiger partial charge is 0.148 e. The summed E-state index contributed by atoms with van der Waals surface area (Å²) in [5, 5.41) is 0.719. The maximum absolute atomic E-state index is 6.16. The van der Waals surface area contributed by atoms with E-state index >= 15 is 0 Å². The molecule has 0 amide bonds. The van der Waals surface area contributed by atoms with Crippen molar-refractivity contribution in [1.82, 2.24) is 0 Å². The van der Waals surface area contributed by atoms with E-state index in [-0.39, 0.29) is 12.0 Å². The van der Waals surface area contributed by atoms with Crippen molar-refractivity contribution in [1.29, 1.82) is 0 Å². The Hall–Kier alpha value is -1.13. The van der Waals surface area contributed by atoms with Gasteiger partial charge in [-0.25, -0.2) is 0 Å². The van der Waals surface area contributed by atoms with E-state index < -0.39 is 0 Å². The molecule has 0 atom stereocenters. The summed E-state index contributed by atoms with van der Waals surface area (Å²) in [5.74, 6) is 3.13. The standard InChI is InChI=1S/C13H15ClO/c1-5-8-15-10-6-7-11(12(14)9-10)13(2,3)4/h1,6-7,9H,8H2,2-4H3. The minimum absolute atomic E-state index is 0.0434. The number of ether oxygens (including phenoxy) is 1. The largest absolute Gasteiger partial charge is 0.481 e. The van der Waals surface area contributed by atoms with Crippen LogP contribution in [-0.2, 0) is 5.41 Å². The second-order valence-corrected chi connectivity index (χ2v) is 4.79. The van der Waals surface area contributed by atoms with Crippen molar-refractivity contribution >= 4 is 11.6 Å². The Morgan fingerprint density at radius 1 is 1.40 bits per heavy atom. The topological polar surface area (TPSA) is 9.23 Å². The molecule has 1 rings (SSSR count). The Morgan fingerprint density at radius 3 is 2.53 bits per heavy atom. The quantitative estimate of drug-likeness (QED) is 0.695. The highest BCUT2D eigenvalue weighted by atomic mass is 35.5. The molecule has 0 aliphatic heterocycles. The molecule has 0 N–H and O–H groups in total. The molecule has 2 heteroatoms. The third kappa shape index (κ3) is 3.18. The first-order valence-electron chi connectivity index (χ1n) is 4.81. The predicted molar refractivity (Wildman–Crippen MR) is 64.5 cm³/mol. The van der Waals surface area contributed by atoms with Crippen molar-refractivity contribution in [2.45, 2.75) is 26.2 Å². The lowest BCUT2D eigenvalue weighted by Crippen LogP contribution is -2.11. The molecule has 1 aromatic rings. The van der Waals surface area contributed by atoms with Gasteiger partial charge in [0.05, 0.1) is 0 Å². The fraction of sp³-hybridized carbons (Fsp3) is 0.385. The van der Waals surface area contributed by atoms with Gasteiger partial charge in [-0.15, -0.1) is 6.42 Å². The molecule has 0 spiro atoms. The zero-order valence-corrected chi connectivity index (χ0v) is 10.1. The lowest BCUT2D eigenvalue weighted by Gasteiger charge is -2.20. The third-order valence-electron chi connectivity index (χ3n) is 2.07. The predicted octanol–water partition coefficient (Wildman–Crippen LogP) is 3.65. The Bertz CT molecular complexity index is 383. The molecular weight excluding hydrogens is 208 g/mol. The minimum Gasteiger partial charge on any atom is -0.481 e. The Labute approximate surface area is 96.4 Å². The molecule has 0 aliphatic rings. The second-order valence-electron chi connectivity index (χ2n) is 4.38. The van der Waals surface area contributed by atoms with Gasteiger partial charge in [0.15, 0.2) is 0 Å². The summed E-state index contributed by atoms with van der Waals surface area (Å²) in [6.45, 7) is 6.63. The third-order valence-corrected chi connectivity index (χ3v) is 2.38. The van der Waals surface area contributed by atoms with Crippen molar-refractivity contribution in [3.63, 3.8) is 0 Å². The number of halogens is 1. The van der Waals surface area contributed by atoms with Crippen LogP contribution in [0.1, 0.15) is 26.3 Å². The van der Waals surface area contributed by atoms with Gasteiger partial charge >= 0.3 is 0 Å². The zero-order valence-electron chi connectivity index (χ0n) is 9.30. The van der Waals surface area contributed by atoms with E-state index in [0.717, 1.165) is 10.6 Å². The van der Waals surface area contributed by atoms with E-state index in [9.17, 15) is 0 Å². The number of benzene rings is 1. The van der Waals surface area contributed by atoms with Crippen molar-refractivity contribution in [2.75, 3.05) is 6.61 Å². The normalized spacial score (nSPS) is 10.9. The SMILES string of the molecule is C#CCOc1ccc(C(C)(C)C)c(Cl)c1. The zero-order chi connectivity index (χ0) is 11.5. The first kappa shape index (κ1) is 11.9. The lowest BCUT2D eigenvalue weighted by atomic mass is 9.87. The van der Waals surface area contributed by atoms with Gasteiger partial charge in [-0.05, 0) is 23.1 Å². The van der Waals surface area contributed by atoms with Crippen LogP contribution in [0.15, 0.2) is 18.2 Å². The molecule has 0 saturated heterocycles. The van der Waals surface area contributed by atoms with Crippen molar-refractivity contribution in [2.24, 2.45) is 0 Å². The molecule has 0 heterocycles. The fourth-order valence-electron chi connectivity index (χ4n) is 1.32. The summed E-state index contributed by atoms with van der Waals surface area (Å²) in [6.07, 6.45) is 5.11. The number of hydrogen-bond acceptors (Lipinski definition) is 1. The van der Waals surface area contributed by atoms with Gasteiger partial charge in [-0.3, -0.25) is 0 Å². The van der Waals surface area contributed by atoms with Crippen molar-refractivity contribution in [3.05, 3.63) is 28.8 Å². The summed E-state index contributed by atoms with van der Waals surface area (Å²) in [7, 11) is 0. The van der Waals surface area contributed by atoms with Crippen LogP contribution in [0.2, 0.25) is 5.02 Å². The Morgan fingerprint density at radius 2 is 2.07 bits per heavy atom. The molecule has 0 aromatic heterocycles. The molecule has 1 aromatic carbocycles. The minimum atomic E-state index is 0.0434. The van der Waals surface area contributed by atoms with E-state index in [2.05, 4.69) is 26.7 Å². The first-order valence-corrected chi connectivity index (χ1v) is 5.19. The van der Waals surface area contributed by atoms with Crippen LogP contribution in [0.5, 0.6) is 5.75 Å². The van der Waals surface area contributed by atoms with Crippen LogP contribution in [0.25, 0.3) is 0 Å². The van der Waals surface area contributed by atoms with Crippen LogP contribution >= 0.6 is 11.6 Å². The summed E-state index contributed by atoms with van der Waals surface area (Å²) < 4.78 is 5.28. The number of rotatable bonds is 2. The highest BCUT2D eigenvalue weighted by molar-refractivity contribution is 6.31. The van der Waals surface area contributed by atoms with E-state index in [1.54, 1.807) is 6.07 Å². The molecule has 0 fully saturated rings. The van der Waals surface area contributed by atoms with Gasteiger partial charge in [-0.1, -0.05) is 44.4 Å². The van der Waals surface area contributed by atoms with Gasteiger partial charge in [0.25, 0.3) is 0 Å². The van der Waals surface area contributed by atoms with Gasteiger partial charge in [-0.2, -0.15) is 0 Å². The molecule has 0 bridgehead atoms. The highest BCUT2D eigenvalue weighted by Gasteiger charge is 2.17. The van der Waals surface area contributed by atoms with E-state index in [4.69, 9.17) is 22.8 Å². The number of terminal acetylenes is 1. The van der Waals surface area contributed by atoms with Gasteiger partial charge in [0.2, 0.25) is 0 Å². The average molecular weight is 223 g/mol. The fourth-order valence-corrected chi connectivity index (χ4v) is 1.77. The number of hydrogen-bond donors (Lipinski definition) is 0. The van der Waals surface area contributed by atoms with Gasteiger partial charge in [0, 0.05) is 5.02 Å². The molecule has 1 nitrogen and oxygen atoms in total. The lowest BCUT2D eigenvalue weighted by molar-refractivity contribution is 0.370.